The molecule has 1 saturated carbocycles. The van der Waals surface area contributed by atoms with Crippen LogP contribution in [0.5, 0.6) is 0 Å². The minimum absolute atomic E-state index is 0.161. The summed E-state index contributed by atoms with van der Waals surface area (Å²) >= 11 is 1.80. The summed E-state index contributed by atoms with van der Waals surface area (Å²) in [5.41, 5.74) is 2.74. The maximum atomic E-state index is 4.70. The van der Waals surface area contributed by atoms with Crippen molar-refractivity contribution in [3.63, 3.8) is 0 Å². The van der Waals surface area contributed by atoms with Gasteiger partial charge in [-0.25, -0.2) is 4.98 Å². The number of hydrogen-bond donors (Lipinski definition) is 1. The lowest BCUT2D eigenvalue weighted by molar-refractivity contribution is 0.376. The summed E-state index contributed by atoms with van der Waals surface area (Å²) in [4.78, 5) is 4.70. The fourth-order valence-electron chi connectivity index (χ4n) is 2.91. The van der Waals surface area contributed by atoms with Crippen molar-refractivity contribution in [2.75, 3.05) is 6.54 Å². The monoisotopic (exact) mass is 300 g/mol. The summed E-state index contributed by atoms with van der Waals surface area (Å²) in [6.45, 7) is 5.44. The molecule has 1 aromatic carbocycles. The molecule has 2 aromatic rings. The summed E-state index contributed by atoms with van der Waals surface area (Å²) in [6.07, 6.45) is 4.84. The van der Waals surface area contributed by atoms with Crippen LogP contribution in [-0.4, -0.2) is 17.6 Å². The van der Waals surface area contributed by atoms with Crippen molar-refractivity contribution in [2.45, 2.75) is 51.0 Å². The number of nitrogens with zero attached hydrogens (tertiary/aromatic N) is 1. The van der Waals surface area contributed by atoms with Gasteiger partial charge in [0.25, 0.3) is 0 Å². The van der Waals surface area contributed by atoms with Gasteiger partial charge >= 0.3 is 0 Å². The molecule has 0 spiro atoms. The summed E-state index contributed by atoms with van der Waals surface area (Å²) in [5.74, 6) is 0. The van der Waals surface area contributed by atoms with Crippen LogP contribution < -0.4 is 5.32 Å². The first-order valence-corrected chi connectivity index (χ1v) is 8.80. The third-order valence-electron chi connectivity index (χ3n) is 4.53. The average Bonchev–Trinajstić information content (AvgIpc) is 3.26. The molecule has 1 aliphatic rings. The predicted octanol–water partition coefficient (Wildman–Crippen LogP) is 4.09. The molecule has 112 valence electrons. The second-order valence-corrected chi connectivity index (χ2v) is 7.16. The summed E-state index contributed by atoms with van der Waals surface area (Å²) in [6, 6.07) is 11.7. The summed E-state index contributed by atoms with van der Waals surface area (Å²) < 4.78 is 0. The molecule has 1 heterocycles. The van der Waals surface area contributed by atoms with Crippen LogP contribution in [0.2, 0.25) is 0 Å². The Bertz CT molecular complexity index is 574. The number of hydrogen-bond acceptors (Lipinski definition) is 3. The molecule has 21 heavy (non-hydrogen) atoms. The van der Waals surface area contributed by atoms with Gasteiger partial charge in [0.05, 0.1) is 5.01 Å². The van der Waals surface area contributed by atoms with Crippen molar-refractivity contribution in [3.8, 4) is 0 Å². The Morgan fingerprint density at radius 1 is 1.29 bits per heavy atom. The standard InChI is InChI=1S/C18H24N2S/c1-3-18(13-19-16-9-10-16,15-7-5-4-6-8-15)11-17-20-14(2)12-21-17/h4-8,12,16,19H,3,9-11,13H2,1-2H3. The van der Waals surface area contributed by atoms with E-state index in [4.69, 9.17) is 4.98 Å². The molecular formula is C18H24N2S. The molecule has 0 amide bonds. The van der Waals surface area contributed by atoms with E-state index < -0.39 is 0 Å². The molecule has 1 atom stereocenters. The normalized spacial score (nSPS) is 17.6. The highest BCUT2D eigenvalue weighted by molar-refractivity contribution is 7.09. The Hall–Kier alpha value is -1.19. The molecule has 1 unspecified atom stereocenters. The Labute approximate surface area is 131 Å². The van der Waals surface area contributed by atoms with E-state index in [1.807, 2.05) is 0 Å². The maximum Gasteiger partial charge on any atom is 0.0937 e. The van der Waals surface area contributed by atoms with Gasteiger partial charge in [-0.2, -0.15) is 0 Å². The van der Waals surface area contributed by atoms with Gasteiger partial charge in [0.15, 0.2) is 0 Å². The van der Waals surface area contributed by atoms with Crippen molar-refractivity contribution < 1.29 is 0 Å². The molecule has 0 aliphatic heterocycles. The smallest absolute Gasteiger partial charge is 0.0937 e. The molecule has 1 N–H and O–H groups in total. The molecule has 2 nitrogen and oxygen atoms in total. The third-order valence-corrected chi connectivity index (χ3v) is 5.49. The number of rotatable bonds is 7. The van der Waals surface area contributed by atoms with Crippen molar-refractivity contribution in [1.29, 1.82) is 0 Å². The van der Waals surface area contributed by atoms with Crippen molar-refractivity contribution in [1.82, 2.24) is 10.3 Å². The predicted molar refractivity (Wildman–Crippen MR) is 90.0 cm³/mol. The average molecular weight is 300 g/mol. The van der Waals surface area contributed by atoms with E-state index in [0.29, 0.717) is 0 Å². The summed E-state index contributed by atoms with van der Waals surface area (Å²) in [7, 11) is 0. The number of benzene rings is 1. The van der Waals surface area contributed by atoms with E-state index in [2.05, 4.69) is 54.9 Å². The Balaban J connectivity index is 1.87. The zero-order chi connectivity index (χ0) is 14.7. The third kappa shape index (κ3) is 3.53. The van der Waals surface area contributed by atoms with Gasteiger partial charge in [-0.05, 0) is 31.7 Å². The molecule has 3 rings (SSSR count). The highest BCUT2D eigenvalue weighted by Gasteiger charge is 2.33. The van der Waals surface area contributed by atoms with Crippen molar-refractivity contribution in [2.24, 2.45) is 0 Å². The quantitative estimate of drug-likeness (QED) is 0.833. The highest BCUT2D eigenvalue weighted by Crippen LogP contribution is 2.33. The largest absolute Gasteiger partial charge is 0.313 e. The maximum absolute atomic E-state index is 4.70. The fourth-order valence-corrected chi connectivity index (χ4v) is 3.83. The molecular weight excluding hydrogens is 276 g/mol. The second-order valence-electron chi connectivity index (χ2n) is 6.21. The first-order chi connectivity index (χ1) is 10.2. The zero-order valence-electron chi connectivity index (χ0n) is 12.9. The van der Waals surface area contributed by atoms with Crippen LogP contribution in [0.3, 0.4) is 0 Å². The number of thiazole rings is 1. The molecule has 1 fully saturated rings. The van der Waals surface area contributed by atoms with Gasteiger partial charge in [0, 0.05) is 35.5 Å². The molecule has 3 heteroatoms. The van der Waals surface area contributed by atoms with Crippen LogP contribution in [0.15, 0.2) is 35.7 Å². The van der Waals surface area contributed by atoms with Gasteiger partial charge in [0.2, 0.25) is 0 Å². The summed E-state index contributed by atoms with van der Waals surface area (Å²) in [5, 5.41) is 7.17. The van der Waals surface area contributed by atoms with E-state index in [9.17, 15) is 0 Å². The van der Waals surface area contributed by atoms with Crippen LogP contribution in [-0.2, 0) is 11.8 Å². The van der Waals surface area contributed by atoms with Gasteiger partial charge < -0.3 is 5.32 Å². The second kappa shape index (κ2) is 6.29. The van der Waals surface area contributed by atoms with Crippen LogP contribution in [0.1, 0.15) is 42.5 Å². The lowest BCUT2D eigenvalue weighted by atomic mass is 9.75. The minimum atomic E-state index is 0.161. The van der Waals surface area contributed by atoms with E-state index in [1.54, 1.807) is 11.3 Å². The van der Waals surface area contributed by atoms with E-state index >= 15 is 0 Å². The molecule has 0 bridgehead atoms. The topological polar surface area (TPSA) is 24.9 Å². The first kappa shape index (κ1) is 14.7. The van der Waals surface area contributed by atoms with Crippen LogP contribution >= 0.6 is 11.3 Å². The number of nitrogens with one attached hydrogen (secondary N) is 1. The lowest BCUT2D eigenvalue weighted by Gasteiger charge is -2.33. The van der Waals surface area contributed by atoms with E-state index in [1.165, 1.54) is 23.4 Å². The molecule has 1 aliphatic carbocycles. The Morgan fingerprint density at radius 3 is 2.62 bits per heavy atom. The van der Waals surface area contributed by atoms with Crippen LogP contribution in [0, 0.1) is 6.92 Å². The Kier molecular flexibility index (Phi) is 4.41. The molecule has 0 radical (unpaired) electrons. The van der Waals surface area contributed by atoms with E-state index in [0.717, 1.165) is 31.1 Å². The van der Waals surface area contributed by atoms with Gasteiger partial charge in [-0.1, -0.05) is 37.3 Å². The van der Waals surface area contributed by atoms with E-state index in [-0.39, 0.29) is 5.41 Å². The zero-order valence-corrected chi connectivity index (χ0v) is 13.7. The Morgan fingerprint density at radius 2 is 2.05 bits per heavy atom. The van der Waals surface area contributed by atoms with Crippen LogP contribution in [0.25, 0.3) is 0 Å². The van der Waals surface area contributed by atoms with Crippen LogP contribution in [0.4, 0.5) is 0 Å². The first-order valence-electron chi connectivity index (χ1n) is 7.92. The lowest BCUT2D eigenvalue weighted by Crippen LogP contribution is -2.40. The van der Waals surface area contributed by atoms with Crippen molar-refractivity contribution >= 4 is 11.3 Å². The molecule has 1 aromatic heterocycles. The number of aromatic nitrogens is 1. The van der Waals surface area contributed by atoms with Gasteiger partial charge in [-0.15, -0.1) is 11.3 Å². The SMILES string of the molecule is CCC(CNC1CC1)(Cc1nc(C)cs1)c1ccccc1. The number of aryl methyl sites for hydroxylation is 1. The minimum Gasteiger partial charge on any atom is -0.313 e. The highest BCUT2D eigenvalue weighted by atomic mass is 32.1. The molecule has 0 saturated heterocycles. The fraction of sp³-hybridized carbons (Fsp3) is 0.500. The van der Waals surface area contributed by atoms with Gasteiger partial charge in [0.1, 0.15) is 0 Å². The van der Waals surface area contributed by atoms with Gasteiger partial charge in [-0.3, -0.25) is 0 Å². The van der Waals surface area contributed by atoms with Crippen molar-refractivity contribution in [3.05, 3.63) is 52.0 Å².